The zero-order valence-electron chi connectivity index (χ0n) is 13.6. The Hall–Kier alpha value is -2.66. The van der Waals surface area contributed by atoms with Gasteiger partial charge in [0.25, 0.3) is 0 Å². The largest absolute Gasteiger partial charge is 0.457 e. The maximum atomic E-state index is 12.9. The van der Waals surface area contributed by atoms with Gasteiger partial charge in [-0.1, -0.05) is 12.1 Å². The Labute approximate surface area is 150 Å². The van der Waals surface area contributed by atoms with E-state index in [1.807, 2.05) is 35.7 Å². The molecule has 3 aromatic rings. The molecule has 3 nitrogen and oxygen atoms in total. The highest BCUT2D eigenvalue weighted by Gasteiger charge is 2.04. The molecule has 1 amide bonds. The molecule has 5 heteroatoms. The molecule has 2 aromatic carbocycles. The van der Waals surface area contributed by atoms with E-state index < -0.39 is 0 Å². The van der Waals surface area contributed by atoms with Crippen molar-refractivity contribution in [3.8, 4) is 11.5 Å². The van der Waals surface area contributed by atoms with Gasteiger partial charge in [0.1, 0.15) is 17.3 Å². The van der Waals surface area contributed by atoms with Gasteiger partial charge in [0.15, 0.2) is 0 Å². The summed E-state index contributed by atoms with van der Waals surface area (Å²) in [6.07, 6.45) is 1.25. The van der Waals surface area contributed by atoms with Crippen LogP contribution in [0.1, 0.15) is 17.5 Å². The third kappa shape index (κ3) is 5.43. The van der Waals surface area contributed by atoms with Gasteiger partial charge in [-0.25, -0.2) is 4.39 Å². The van der Waals surface area contributed by atoms with Gasteiger partial charge >= 0.3 is 0 Å². The highest BCUT2D eigenvalue weighted by Crippen LogP contribution is 2.21. The van der Waals surface area contributed by atoms with Gasteiger partial charge in [-0.3, -0.25) is 4.79 Å². The maximum Gasteiger partial charge on any atom is 0.220 e. The standard InChI is InChI=1S/C20H18FNO2S/c21-17-4-8-19(9-5-17)24-18-6-1-15(2-7-18)13-22-20(23)10-3-16-11-12-25-14-16/h1-2,4-9,11-12,14H,3,10,13H2,(H,22,23). The van der Waals surface area contributed by atoms with Crippen LogP contribution < -0.4 is 10.1 Å². The molecule has 0 aliphatic rings. The van der Waals surface area contributed by atoms with Crippen LogP contribution in [0.15, 0.2) is 65.4 Å². The third-order valence-corrected chi connectivity index (χ3v) is 4.42. The lowest BCUT2D eigenvalue weighted by atomic mass is 10.2. The summed E-state index contributed by atoms with van der Waals surface area (Å²) < 4.78 is 18.5. The molecule has 0 spiro atoms. The van der Waals surface area contributed by atoms with Crippen LogP contribution in [-0.2, 0) is 17.8 Å². The second-order valence-corrected chi connectivity index (χ2v) is 6.39. The number of thiophene rings is 1. The van der Waals surface area contributed by atoms with Crippen LogP contribution in [0.3, 0.4) is 0 Å². The van der Waals surface area contributed by atoms with Gasteiger partial charge in [-0.05, 0) is 70.8 Å². The topological polar surface area (TPSA) is 38.3 Å². The van der Waals surface area contributed by atoms with E-state index in [4.69, 9.17) is 4.74 Å². The molecular formula is C20H18FNO2S. The van der Waals surface area contributed by atoms with E-state index >= 15 is 0 Å². The monoisotopic (exact) mass is 355 g/mol. The molecule has 128 valence electrons. The van der Waals surface area contributed by atoms with Crippen LogP contribution in [0.5, 0.6) is 11.5 Å². The van der Waals surface area contributed by atoms with Crippen molar-refractivity contribution in [3.05, 3.63) is 82.3 Å². The Kier molecular flexibility index (Phi) is 5.80. The number of ether oxygens (including phenoxy) is 1. The number of aryl methyl sites for hydroxylation is 1. The predicted octanol–water partition coefficient (Wildman–Crippen LogP) is 4.93. The SMILES string of the molecule is O=C(CCc1ccsc1)NCc1ccc(Oc2ccc(F)cc2)cc1. The van der Waals surface area contributed by atoms with Crippen LogP contribution in [0.2, 0.25) is 0 Å². The molecule has 0 fully saturated rings. The van der Waals surface area contributed by atoms with Gasteiger partial charge in [0.2, 0.25) is 5.91 Å². The average molecular weight is 355 g/mol. The minimum Gasteiger partial charge on any atom is -0.457 e. The summed E-state index contributed by atoms with van der Waals surface area (Å²) in [5, 5.41) is 7.00. The summed E-state index contributed by atoms with van der Waals surface area (Å²) in [7, 11) is 0. The summed E-state index contributed by atoms with van der Waals surface area (Å²) in [5.41, 5.74) is 2.19. The quantitative estimate of drug-likeness (QED) is 0.653. The summed E-state index contributed by atoms with van der Waals surface area (Å²) >= 11 is 1.64. The van der Waals surface area contributed by atoms with Crippen molar-refractivity contribution in [3.63, 3.8) is 0 Å². The molecule has 1 aromatic heterocycles. The van der Waals surface area contributed by atoms with Crippen LogP contribution >= 0.6 is 11.3 Å². The molecule has 25 heavy (non-hydrogen) atoms. The van der Waals surface area contributed by atoms with Crippen LogP contribution in [0, 0.1) is 5.82 Å². The first kappa shape index (κ1) is 17.2. The molecule has 0 saturated heterocycles. The number of benzene rings is 2. The summed E-state index contributed by atoms with van der Waals surface area (Å²) in [6.45, 7) is 0.485. The Morgan fingerprint density at radius 1 is 0.960 bits per heavy atom. The Morgan fingerprint density at radius 2 is 1.64 bits per heavy atom. The lowest BCUT2D eigenvalue weighted by Gasteiger charge is -2.08. The van der Waals surface area contributed by atoms with Crippen molar-refractivity contribution in [2.75, 3.05) is 0 Å². The van der Waals surface area contributed by atoms with Gasteiger partial charge in [-0.2, -0.15) is 11.3 Å². The van der Waals surface area contributed by atoms with Crippen molar-refractivity contribution in [2.24, 2.45) is 0 Å². The molecule has 0 bridgehead atoms. The van der Waals surface area contributed by atoms with Crippen molar-refractivity contribution in [2.45, 2.75) is 19.4 Å². The predicted molar refractivity (Wildman–Crippen MR) is 97.4 cm³/mol. The second-order valence-electron chi connectivity index (χ2n) is 5.61. The van der Waals surface area contributed by atoms with Crippen molar-refractivity contribution >= 4 is 17.2 Å². The second kappa shape index (κ2) is 8.44. The molecule has 0 radical (unpaired) electrons. The van der Waals surface area contributed by atoms with E-state index in [-0.39, 0.29) is 11.7 Å². The lowest BCUT2D eigenvalue weighted by Crippen LogP contribution is -2.22. The van der Waals surface area contributed by atoms with Crippen molar-refractivity contribution in [1.29, 1.82) is 0 Å². The van der Waals surface area contributed by atoms with Crippen LogP contribution in [0.4, 0.5) is 4.39 Å². The zero-order valence-corrected chi connectivity index (χ0v) is 14.4. The fraction of sp³-hybridized carbons (Fsp3) is 0.150. The van der Waals surface area contributed by atoms with Gasteiger partial charge in [0.05, 0.1) is 0 Å². The number of nitrogens with one attached hydrogen (secondary N) is 1. The summed E-state index contributed by atoms with van der Waals surface area (Å²) in [4.78, 5) is 11.9. The number of rotatable bonds is 7. The molecule has 0 aliphatic heterocycles. The highest BCUT2D eigenvalue weighted by atomic mass is 32.1. The van der Waals surface area contributed by atoms with Crippen molar-refractivity contribution < 1.29 is 13.9 Å². The molecule has 1 heterocycles. The number of hydrogen-bond donors (Lipinski definition) is 1. The minimum absolute atomic E-state index is 0.0397. The first-order valence-corrected chi connectivity index (χ1v) is 8.93. The summed E-state index contributed by atoms with van der Waals surface area (Å²) in [6, 6.07) is 15.4. The smallest absolute Gasteiger partial charge is 0.220 e. The fourth-order valence-corrected chi connectivity index (χ4v) is 3.00. The number of halogens is 1. The normalized spacial score (nSPS) is 10.4. The number of hydrogen-bond acceptors (Lipinski definition) is 3. The third-order valence-electron chi connectivity index (χ3n) is 3.68. The Balaban J connectivity index is 1.45. The highest BCUT2D eigenvalue weighted by molar-refractivity contribution is 7.07. The Bertz CT molecular complexity index is 799. The van der Waals surface area contributed by atoms with Crippen LogP contribution in [0.25, 0.3) is 0 Å². The van der Waals surface area contributed by atoms with E-state index in [9.17, 15) is 9.18 Å². The molecule has 0 atom stereocenters. The van der Waals surface area contributed by atoms with Gasteiger partial charge in [0, 0.05) is 13.0 Å². The van der Waals surface area contributed by atoms with E-state index in [0.717, 1.165) is 12.0 Å². The molecular weight excluding hydrogens is 337 g/mol. The van der Waals surface area contributed by atoms with E-state index in [0.29, 0.717) is 24.5 Å². The molecule has 1 N–H and O–H groups in total. The summed E-state index contributed by atoms with van der Waals surface area (Å²) in [5.74, 6) is 0.991. The first-order valence-electron chi connectivity index (χ1n) is 7.99. The lowest BCUT2D eigenvalue weighted by molar-refractivity contribution is -0.121. The van der Waals surface area contributed by atoms with E-state index in [2.05, 4.69) is 10.7 Å². The number of carbonyl (C=O) groups excluding carboxylic acids is 1. The first-order chi connectivity index (χ1) is 12.2. The van der Waals surface area contributed by atoms with Gasteiger partial charge in [-0.15, -0.1) is 0 Å². The van der Waals surface area contributed by atoms with Crippen LogP contribution in [-0.4, -0.2) is 5.91 Å². The van der Waals surface area contributed by atoms with E-state index in [1.54, 1.807) is 23.5 Å². The zero-order chi connectivity index (χ0) is 17.5. The van der Waals surface area contributed by atoms with E-state index in [1.165, 1.54) is 17.7 Å². The fourth-order valence-electron chi connectivity index (χ4n) is 2.30. The van der Waals surface area contributed by atoms with Crippen molar-refractivity contribution in [1.82, 2.24) is 5.32 Å². The van der Waals surface area contributed by atoms with Gasteiger partial charge < -0.3 is 10.1 Å². The minimum atomic E-state index is -0.294. The number of amides is 1. The average Bonchev–Trinajstić information content (AvgIpc) is 3.15. The molecule has 0 aliphatic carbocycles. The molecule has 3 rings (SSSR count). The molecule has 0 saturated carbocycles. The number of carbonyl (C=O) groups is 1. The maximum absolute atomic E-state index is 12.9. The Morgan fingerprint density at radius 3 is 2.28 bits per heavy atom. The molecule has 0 unspecified atom stereocenters.